The molecule has 0 atom stereocenters. The van der Waals surface area contributed by atoms with E-state index in [0.717, 1.165) is 16.7 Å². The third-order valence-electron chi connectivity index (χ3n) is 3.11. The van der Waals surface area contributed by atoms with Crippen molar-refractivity contribution in [2.24, 2.45) is 0 Å². The summed E-state index contributed by atoms with van der Waals surface area (Å²) in [5.74, 6) is 0. The Morgan fingerprint density at radius 1 is 1.20 bits per heavy atom. The van der Waals surface area contributed by atoms with Gasteiger partial charge in [0.1, 0.15) is 5.15 Å². The molecule has 1 heterocycles. The van der Waals surface area contributed by atoms with Crippen LogP contribution in [0.5, 0.6) is 0 Å². The number of anilines is 1. The fraction of sp³-hybridized carbons (Fsp3) is 0.312. The monoisotopic (exact) mass is 352 g/mol. The minimum absolute atomic E-state index is 0.191. The summed E-state index contributed by atoms with van der Waals surface area (Å²) in [6.45, 7) is 7.42. The van der Waals surface area contributed by atoms with Gasteiger partial charge in [-0.3, -0.25) is 0 Å². The zero-order valence-corrected chi connectivity index (χ0v) is 14.2. The molecule has 0 bridgehead atoms. The largest absolute Gasteiger partial charge is 0.380 e. The summed E-state index contributed by atoms with van der Waals surface area (Å²) < 4.78 is 0.798. The van der Waals surface area contributed by atoms with Gasteiger partial charge in [-0.05, 0) is 38.5 Å². The number of hydrogen-bond donors (Lipinski definition) is 1. The fourth-order valence-electron chi connectivity index (χ4n) is 1.84. The minimum Gasteiger partial charge on any atom is -0.380 e. The number of aromatic nitrogens is 1. The van der Waals surface area contributed by atoms with Crippen LogP contribution in [0.15, 0.2) is 41.0 Å². The molecule has 0 saturated heterocycles. The summed E-state index contributed by atoms with van der Waals surface area (Å²) in [7, 11) is 0. The molecule has 20 heavy (non-hydrogen) atoms. The van der Waals surface area contributed by atoms with Gasteiger partial charge in [0, 0.05) is 6.54 Å². The van der Waals surface area contributed by atoms with Gasteiger partial charge in [0.05, 0.1) is 16.4 Å². The molecule has 1 aromatic carbocycles. The van der Waals surface area contributed by atoms with E-state index in [0.29, 0.717) is 5.15 Å². The average molecular weight is 354 g/mol. The van der Waals surface area contributed by atoms with Crippen LogP contribution in [0.3, 0.4) is 0 Å². The van der Waals surface area contributed by atoms with Crippen molar-refractivity contribution >= 4 is 33.2 Å². The highest BCUT2D eigenvalue weighted by atomic mass is 79.9. The topological polar surface area (TPSA) is 24.9 Å². The summed E-state index contributed by atoms with van der Waals surface area (Å²) in [6, 6.07) is 10.6. The van der Waals surface area contributed by atoms with Crippen LogP contribution in [0.1, 0.15) is 31.9 Å². The zero-order chi connectivity index (χ0) is 14.8. The molecular formula is C16H18BrClN2. The van der Waals surface area contributed by atoms with Gasteiger partial charge in [-0.15, -0.1) is 0 Å². The van der Waals surface area contributed by atoms with Crippen molar-refractivity contribution < 1.29 is 0 Å². The molecule has 1 N–H and O–H groups in total. The van der Waals surface area contributed by atoms with Crippen LogP contribution >= 0.6 is 27.5 Å². The van der Waals surface area contributed by atoms with E-state index in [2.05, 4.69) is 71.3 Å². The predicted molar refractivity (Wildman–Crippen MR) is 89.4 cm³/mol. The lowest BCUT2D eigenvalue weighted by molar-refractivity contribution is 0.590. The molecule has 0 radical (unpaired) electrons. The highest BCUT2D eigenvalue weighted by Gasteiger charge is 2.12. The van der Waals surface area contributed by atoms with Gasteiger partial charge in [-0.2, -0.15) is 0 Å². The van der Waals surface area contributed by atoms with Crippen LogP contribution in [-0.2, 0) is 12.0 Å². The van der Waals surface area contributed by atoms with Gasteiger partial charge >= 0.3 is 0 Å². The second-order valence-corrected chi connectivity index (χ2v) is 7.01. The predicted octanol–water partition coefficient (Wildman–Crippen LogP) is 5.41. The SMILES string of the molecule is CC(C)(C)c1ccc(CNc2cnc(Cl)c(Br)c2)cc1. The van der Waals surface area contributed by atoms with Crippen molar-refractivity contribution in [2.75, 3.05) is 5.32 Å². The molecule has 0 aliphatic carbocycles. The summed E-state index contributed by atoms with van der Waals surface area (Å²) >= 11 is 9.24. The van der Waals surface area contributed by atoms with Gasteiger partial charge < -0.3 is 5.32 Å². The van der Waals surface area contributed by atoms with E-state index in [1.54, 1.807) is 6.20 Å². The van der Waals surface area contributed by atoms with E-state index in [9.17, 15) is 0 Å². The third kappa shape index (κ3) is 3.97. The Morgan fingerprint density at radius 2 is 1.85 bits per heavy atom. The summed E-state index contributed by atoms with van der Waals surface area (Å²) in [6.07, 6.45) is 1.73. The number of benzene rings is 1. The van der Waals surface area contributed by atoms with E-state index in [1.807, 2.05) is 6.07 Å². The Bertz CT molecular complexity index is 588. The van der Waals surface area contributed by atoms with Gasteiger partial charge in [-0.25, -0.2) is 4.98 Å². The molecule has 0 amide bonds. The average Bonchev–Trinajstić information content (AvgIpc) is 2.40. The van der Waals surface area contributed by atoms with Crippen LogP contribution in [0.25, 0.3) is 0 Å². The van der Waals surface area contributed by atoms with E-state index in [4.69, 9.17) is 11.6 Å². The van der Waals surface area contributed by atoms with Crippen LogP contribution in [0.4, 0.5) is 5.69 Å². The smallest absolute Gasteiger partial charge is 0.143 e. The van der Waals surface area contributed by atoms with E-state index in [-0.39, 0.29) is 5.41 Å². The van der Waals surface area contributed by atoms with Crippen LogP contribution in [-0.4, -0.2) is 4.98 Å². The van der Waals surface area contributed by atoms with E-state index < -0.39 is 0 Å². The molecule has 2 rings (SSSR count). The molecular weight excluding hydrogens is 336 g/mol. The maximum absolute atomic E-state index is 5.87. The molecule has 0 aliphatic rings. The normalized spacial score (nSPS) is 11.4. The first-order chi connectivity index (χ1) is 9.36. The Labute approximate surface area is 133 Å². The van der Waals surface area contributed by atoms with Crippen molar-refractivity contribution in [3.8, 4) is 0 Å². The van der Waals surface area contributed by atoms with Crippen molar-refractivity contribution in [1.82, 2.24) is 4.98 Å². The molecule has 4 heteroatoms. The number of halogens is 2. The van der Waals surface area contributed by atoms with Crippen molar-refractivity contribution in [2.45, 2.75) is 32.7 Å². The number of nitrogens with one attached hydrogen (secondary N) is 1. The molecule has 0 fully saturated rings. The molecule has 0 saturated carbocycles. The van der Waals surface area contributed by atoms with Gasteiger partial charge in [0.15, 0.2) is 0 Å². The molecule has 106 valence electrons. The fourth-order valence-corrected chi connectivity index (χ4v) is 2.30. The van der Waals surface area contributed by atoms with E-state index >= 15 is 0 Å². The van der Waals surface area contributed by atoms with Gasteiger partial charge in [-0.1, -0.05) is 56.6 Å². The number of rotatable bonds is 3. The Morgan fingerprint density at radius 3 is 2.40 bits per heavy atom. The Balaban J connectivity index is 2.02. The highest BCUT2D eigenvalue weighted by molar-refractivity contribution is 9.10. The molecule has 2 aromatic rings. The van der Waals surface area contributed by atoms with Gasteiger partial charge in [0.25, 0.3) is 0 Å². The molecule has 0 spiro atoms. The molecule has 2 nitrogen and oxygen atoms in total. The van der Waals surface area contributed by atoms with Crippen LogP contribution in [0, 0.1) is 0 Å². The molecule has 1 aromatic heterocycles. The van der Waals surface area contributed by atoms with Gasteiger partial charge in [0.2, 0.25) is 0 Å². The number of nitrogens with zero attached hydrogens (tertiary/aromatic N) is 1. The standard InChI is InChI=1S/C16H18BrClN2/c1-16(2,3)12-6-4-11(5-7-12)9-19-13-8-14(17)15(18)20-10-13/h4-8,10,19H,9H2,1-3H3. The molecule has 0 aliphatic heterocycles. The first-order valence-corrected chi connectivity index (χ1v) is 7.68. The first kappa shape index (κ1) is 15.3. The lowest BCUT2D eigenvalue weighted by atomic mass is 9.87. The lowest BCUT2D eigenvalue weighted by Gasteiger charge is -2.19. The van der Waals surface area contributed by atoms with Crippen molar-refractivity contribution in [3.05, 3.63) is 57.3 Å². The Kier molecular flexibility index (Phi) is 4.71. The number of hydrogen-bond acceptors (Lipinski definition) is 2. The maximum atomic E-state index is 5.87. The second-order valence-electron chi connectivity index (χ2n) is 5.80. The second kappa shape index (κ2) is 6.15. The Hall–Kier alpha value is -1.06. The lowest BCUT2D eigenvalue weighted by Crippen LogP contribution is -2.11. The summed E-state index contributed by atoms with van der Waals surface area (Å²) in [4.78, 5) is 4.09. The third-order valence-corrected chi connectivity index (χ3v) is 4.25. The molecule has 0 unspecified atom stereocenters. The van der Waals surface area contributed by atoms with Crippen LogP contribution in [0.2, 0.25) is 5.15 Å². The first-order valence-electron chi connectivity index (χ1n) is 6.50. The van der Waals surface area contributed by atoms with E-state index in [1.165, 1.54) is 11.1 Å². The quantitative estimate of drug-likeness (QED) is 0.747. The summed E-state index contributed by atoms with van der Waals surface area (Å²) in [5, 5.41) is 3.81. The summed E-state index contributed by atoms with van der Waals surface area (Å²) in [5.41, 5.74) is 3.72. The van der Waals surface area contributed by atoms with Crippen molar-refractivity contribution in [1.29, 1.82) is 0 Å². The minimum atomic E-state index is 0.191. The van der Waals surface area contributed by atoms with Crippen LogP contribution < -0.4 is 5.32 Å². The zero-order valence-electron chi connectivity index (χ0n) is 11.9. The number of pyridine rings is 1. The maximum Gasteiger partial charge on any atom is 0.143 e. The van der Waals surface area contributed by atoms with Crippen molar-refractivity contribution in [3.63, 3.8) is 0 Å². The highest BCUT2D eigenvalue weighted by Crippen LogP contribution is 2.24.